The molecule has 0 N–H and O–H groups in total. The third-order valence-corrected chi connectivity index (χ3v) is 16.0. The van der Waals surface area contributed by atoms with Crippen LogP contribution in [0.4, 0.5) is 0 Å². The minimum Gasteiger partial charge on any atom is -0.456 e. The first-order chi connectivity index (χ1) is 25.4. The molecule has 0 saturated carbocycles. The molecule has 0 amide bonds. The lowest BCUT2D eigenvalue weighted by Crippen LogP contribution is -2.58. The molecule has 5 aromatic rings. The summed E-state index contributed by atoms with van der Waals surface area (Å²) in [6.07, 6.45) is 0. The fraction of sp³-hybridized carbons (Fsp3) is 0.0556. The molecule has 4 aromatic carbocycles. The molecule has 18 heteroatoms. The van der Waals surface area contributed by atoms with Crippen LogP contribution >= 0.6 is 0 Å². The maximum atomic E-state index is 6.42. The van der Waals surface area contributed by atoms with Crippen molar-refractivity contribution >= 4 is 216 Å². The van der Waals surface area contributed by atoms with Gasteiger partial charge in [0.25, 0.3) is 0 Å². The van der Waals surface area contributed by atoms with Crippen molar-refractivity contribution in [3.8, 4) is 0 Å². The van der Waals surface area contributed by atoms with Crippen LogP contribution in [0.5, 0.6) is 0 Å². The molecule has 0 spiro atoms. The van der Waals surface area contributed by atoms with Gasteiger partial charge in [0.2, 0.25) is 0 Å². The van der Waals surface area contributed by atoms with Gasteiger partial charge in [0, 0.05) is 16.2 Å². The molecular weight excluding hydrogens is 632 g/mol. The molecule has 8 rings (SSSR count). The van der Waals surface area contributed by atoms with Crippen LogP contribution in [-0.4, -0.2) is 133 Å². The third-order valence-electron chi connectivity index (χ3n) is 16.0. The van der Waals surface area contributed by atoms with E-state index in [0.717, 1.165) is 11.2 Å². The van der Waals surface area contributed by atoms with E-state index in [1.807, 2.05) is 0 Å². The van der Waals surface area contributed by atoms with Crippen LogP contribution in [0, 0.1) is 0 Å². The van der Waals surface area contributed by atoms with Crippen LogP contribution < -0.4 is 49.2 Å². The molecule has 0 saturated heterocycles. The van der Waals surface area contributed by atoms with Crippen LogP contribution in [0.3, 0.4) is 0 Å². The van der Waals surface area contributed by atoms with Crippen molar-refractivity contribution in [1.82, 2.24) is 0 Å². The molecule has 2 unspecified atom stereocenters. The summed E-state index contributed by atoms with van der Waals surface area (Å²) in [4.78, 5) is 0. The summed E-state index contributed by atoms with van der Waals surface area (Å²) in [5.41, 5.74) is 34.3. The second-order valence-corrected chi connectivity index (χ2v) is 17.4. The number of para-hydroxylation sites is 1. The fourth-order valence-corrected chi connectivity index (χ4v) is 11.6. The predicted molar refractivity (Wildman–Crippen MR) is 287 cm³/mol. The highest BCUT2D eigenvalue weighted by molar-refractivity contribution is 6.69. The van der Waals surface area contributed by atoms with Crippen LogP contribution in [0.1, 0.15) is 22.3 Å². The second kappa shape index (κ2) is 12.2. The number of rotatable bonds is 3. The van der Waals surface area contributed by atoms with E-state index >= 15 is 0 Å². The number of furan rings is 1. The average molecular weight is 674 g/mol. The minimum atomic E-state index is -0.448. The molecular formula is C36H41B17O. The summed E-state index contributed by atoms with van der Waals surface area (Å²) in [7, 11) is 40.9. The van der Waals surface area contributed by atoms with Gasteiger partial charge in [0.05, 0.1) is 0 Å². The molecule has 3 aliphatic carbocycles. The Morgan fingerprint density at radius 3 is 1.57 bits per heavy atom. The molecule has 1 heterocycles. The summed E-state index contributed by atoms with van der Waals surface area (Å²) in [5, 5.41) is 1.97. The van der Waals surface area contributed by atoms with E-state index in [-0.39, 0.29) is 5.31 Å². The first-order valence-electron chi connectivity index (χ1n) is 20.0. The summed E-state index contributed by atoms with van der Waals surface area (Å²) >= 11 is 0. The summed E-state index contributed by atoms with van der Waals surface area (Å²) in [6, 6.07) is 15.5. The van der Waals surface area contributed by atoms with E-state index in [9.17, 15) is 0 Å². The van der Waals surface area contributed by atoms with E-state index in [1.165, 1.54) is 137 Å². The van der Waals surface area contributed by atoms with Crippen LogP contribution in [0.15, 0.2) is 90.8 Å². The summed E-state index contributed by atoms with van der Waals surface area (Å²) < 4.78 is 6.42. The van der Waals surface area contributed by atoms with Gasteiger partial charge in [-0.25, -0.2) is 0 Å². The van der Waals surface area contributed by atoms with Gasteiger partial charge in [0.15, 0.2) is 0 Å². The minimum absolute atomic E-state index is 0.380. The van der Waals surface area contributed by atoms with E-state index < -0.39 is 5.41 Å². The number of benzene rings is 4. The molecule has 1 nitrogen and oxygen atoms in total. The molecule has 0 bridgehead atoms. The quantitative estimate of drug-likeness (QED) is 0.174. The third kappa shape index (κ3) is 4.30. The maximum Gasteiger partial charge on any atom is 0.139 e. The monoisotopic (exact) mass is 676 g/mol. The number of allylic oxidation sites excluding steroid dienone is 9. The van der Waals surface area contributed by atoms with Crippen molar-refractivity contribution in [2.45, 2.75) is 10.7 Å². The van der Waals surface area contributed by atoms with Crippen molar-refractivity contribution in [2.75, 3.05) is 0 Å². The van der Waals surface area contributed by atoms with Crippen LogP contribution in [-0.2, 0) is 5.41 Å². The number of hydrogen-bond donors (Lipinski definition) is 0. The Morgan fingerprint density at radius 1 is 0.426 bits per heavy atom. The average Bonchev–Trinajstić information content (AvgIpc) is 3.76. The van der Waals surface area contributed by atoms with Crippen molar-refractivity contribution in [1.29, 1.82) is 0 Å². The Morgan fingerprint density at radius 2 is 0.944 bits per heavy atom. The first-order valence-corrected chi connectivity index (χ1v) is 20.0. The van der Waals surface area contributed by atoms with Gasteiger partial charge in [-0.3, -0.25) is 0 Å². The smallest absolute Gasteiger partial charge is 0.139 e. The van der Waals surface area contributed by atoms with Gasteiger partial charge in [-0.1, -0.05) is 57.1 Å². The van der Waals surface area contributed by atoms with Crippen molar-refractivity contribution in [2.24, 2.45) is 0 Å². The molecule has 3 aliphatic rings. The maximum absolute atomic E-state index is 6.42. The zero-order chi connectivity index (χ0) is 39.2. The Labute approximate surface area is 337 Å². The van der Waals surface area contributed by atoms with Crippen LogP contribution in [0.2, 0.25) is 5.31 Å². The van der Waals surface area contributed by atoms with E-state index in [1.54, 1.807) is 0 Å². The van der Waals surface area contributed by atoms with Gasteiger partial charge in [0.1, 0.15) is 145 Å². The van der Waals surface area contributed by atoms with E-state index in [2.05, 4.69) is 176 Å². The van der Waals surface area contributed by atoms with Crippen molar-refractivity contribution in [3.05, 3.63) is 109 Å². The van der Waals surface area contributed by atoms with Gasteiger partial charge < -0.3 is 4.42 Å². The first kappa shape index (κ1) is 37.4. The normalized spacial score (nSPS) is 21.3. The Kier molecular flexibility index (Phi) is 8.48. The van der Waals surface area contributed by atoms with Gasteiger partial charge in [-0.15, -0.1) is 54.7 Å². The number of hydrogen-bond acceptors (Lipinski definition) is 1. The van der Waals surface area contributed by atoms with Crippen LogP contribution in [0.25, 0.3) is 33.1 Å². The predicted octanol–water partition coefficient (Wildman–Crippen LogP) is -14.7. The highest BCUT2D eigenvalue weighted by atomic mass is 16.3. The highest BCUT2D eigenvalue weighted by Crippen LogP contribution is 2.72. The molecule has 242 valence electrons. The lowest BCUT2D eigenvalue weighted by Gasteiger charge is -2.56. The van der Waals surface area contributed by atoms with Gasteiger partial charge >= 0.3 is 0 Å². The summed E-state index contributed by atoms with van der Waals surface area (Å²) in [5.74, 6) is 0. The fourth-order valence-electron chi connectivity index (χ4n) is 11.6. The lowest BCUT2D eigenvalue weighted by molar-refractivity contribution is 0.566. The van der Waals surface area contributed by atoms with Gasteiger partial charge in [-0.05, 0) is 62.5 Å². The van der Waals surface area contributed by atoms with Gasteiger partial charge in [-0.2, -0.15) is 0 Å². The standard InChI is InChI=1S/C36H41B17O/c37-19-14-13(8-5-6-12-10(7-8)9-3-1-2-4-11(9)54-12)16-22(40)29(47)32(50)33(51)35(16,17(14)23(41)28(46)25(19)43)36(53)18(24(42)31(49)34(36)52)15-20(38)26(44)30(48)27(45)21(15)39/h1-7H,37-53H2. The molecule has 1 aromatic heterocycles. The molecule has 0 radical (unpaired) electrons. The molecule has 0 aliphatic heterocycles. The molecule has 54 heavy (non-hydrogen) atoms. The zero-order valence-corrected chi connectivity index (χ0v) is 35.9. The Bertz CT molecular complexity index is 2770. The van der Waals surface area contributed by atoms with Crippen molar-refractivity contribution < 1.29 is 4.42 Å². The van der Waals surface area contributed by atoms with E-state index in [4.69, 9.17) is 4.42 Å². The van der Waals surface area contributed by atoms with E-state index in [0.29, 0.717) is 0 Å². The largest absolute Gasteiger partial charge is 0.456 e. The molecule has 2 atom stereocenters. The summed E-state index contributed by atoms with van der Waals surface area (Å²) in [6.45, 7) is 0. The Balaban J connectivity index is 1.64. The zero-order valence-electron chi connectivity index (χ0n) is 35.9. The van der Waals surface area contributed by atoms with Crippen molar-refractivity contribution in [3.63, 3.8) is 0 Å². The Hall–Kier alpha value is -3.52. The lowest BCUT2D eigenvalue weighted by atomic mass is 9.32. The second-order valence-electron chi connectivity index (χ2n) is 17.4. The number of fused-ring (bicyclic) bond motifs is 6. The topological polar surface area (TPSA) is 13.1 Å². The highest BCUT2D eigenvalue weighted by Gasteiger charge is 2.63. The molecule has 0 fully saturated rings. The SMILES string of the molecule is BC1=C(B)C2=C(c3ccc4oc5ccccc5c4c3)c3c(B)c(B)c(B)c(B)c3C2(C2(B)C(B)=C(B)C(B)=C2c2c(B)c(B)c(B)c(B)c2B)C(B)=C1B.